The zero-order valence-electron chi connectivity index (χ0n) is 14.3. The van der Waals surface area contributed by atoms with E-state index in [-0.39, 0.29) is 36.0 Å². The maximum absolute atomic E-state index is 12.5. The van der Waals surface area contributed by atoms with Crippen molar-refractivity contribution < 1.29 is 17.4 Å². The molecule has 2 rings (SSSR count). The van der Waals surface area contributed by atoms with E-state index in [1.54, 1.807) is 12.1 Å². The average Bonchev–Trinajstić information content (AvgIpc) is 2.54. The third-order valence-electron chi connectivity index (χ3n) is 3.58. The minimum atomic E-state index is -3.57. The largest absolute Gasteiger partial charge is 0.383 e. The number of halogens is 1. The lowest BCUT2D eigenvalue weighted by atomic mass is 10.0. The summed E-state index contributed by atoms with van der Waals surface area (Å²) in [6.45, 7) is 3.81. The van der Waals surface area contributed by atoms with Crippen molar-refractivity contribution in [1.82, 2.24) is 5.32 Å². The Labute approximate surface area is 154 Å². The Morgan fingerprint density at radius 1 is 1.00 bits per heavy atom. The molecule has 0 aliphatic carbocycles. The first-order valence-electron chi connectivity index (χ1n) is 7.61. The maximum atomic E-state index is 12.5. The predicted octanol–water partition coefficient (Wildman–Crippen LogP) is 3.37. The summed E-state index contributed by atoms with van der Waals surface area (Å²) in [7, 11) is -3.57. The van der Waals surface area contributed by atoms with Crippen LogP contribution in [0.15, 0.2) is 54.6 Å². The van der Waals surface area contributed by atoms with Crippen molar-refractivity contribution in [2.45, 2.75) is 25.9 Å². The van der Waals surface area contributed by atoms with E-state index in [0.717, 1.165) is 11.8 Å². The molecule has 1 N–H and O–H groups in total. The molecule has 5 nitrogen and oxygen atoms in total. The summed E-state index contributed by atoms with van der Waals surface area (Å²) in [5.41, 5.74) is 1.60. The Hall–Kier alpha value is -1.89. The fourth-order valence-corrected chi connectivity index (χ4v) is 2.85. The van der Waals surface area contributed by atoms with Crippen LogP contribution in [-0.4, -0.2) is 26.5 Å². The molecule has 0 radical (unpaired) electrons. The summed E-state index contributed by atoms with van der Waals surface area (Å²) >= 11 is 0. The van der Waals surface area contributed by atoms with Crippen molar-refractivity contribution in [2.24, 2.45) is 0 Å². The molecular formula is C18H22ClNO4S. The smallest absolute Gasteiger partial charge is 0.306 e. The summed E-state index contributed by atoms with van der Waals surface area (Å²) in [5.74, 6) is 0.121. The van der Waals surface area contributed by atoms with Gasteiger partial charge in [-0.05, 0) is 43.7 Å². The first-order chi connectivity index (χ1) is 11.3. The molecule has 2 aromatic rings. The molecule has 0 aromatic heterocycles. The fraction of sp³-hybridized carbons (Fsp3) is 0.278. The summed E-state index contributed by atoms with van der Waals surface area (Å²) in [6, 6.07) is 15.6. The van der Waals surface area contributed by atoms with Crippen LogP contribution in [0.25, 0.3) is 0 Å². The molecule has 0 unspecified atom stereocenters. The van der Waals surface area contributed by atoms with E-state index in [4.69, 9.17) is 4.18 Å². The van der Waals surface area contributed by atoms with Crippen molar-refractivity contribution >= 4 is 28.3 Å². The van der Waals surface area contributed by atoms with Crippen LogP contribution < -0.4 is 9.50 Å². The van der Waals surface area contributed by atoms with Crippen LogP contribution in [0.4, 0.5) is 0 Å². The van der Waals surface area contributed by atoms with E-state index in [0.29, 0.717) is 5.56 Å². The Kier molecular flexibility index (Phi) is 7.60. The van der Waals surface area contributed by atoms with Crippen molar-refractivity contribution in [1.29, 1.82) is 0 Å². The highest BCUT2D eigenvalue weighted by molar-refractivity contribution is 7.86. The molecule has 0 heterocycles. The zero-order chi connectivity index (χ0) is 17.7. The van der Waals surface area contributed by atoms with Gasteiger partial charge in [-0.2, -0.15) is 8.42 Å². The highest BCUT2D eigenvalue weighted by Gasteiger charge is 2.18. The fourth-order valence-electron chi connectivity index (χ4n) is 2.39. The molecule has 2 aromatic carbocycles. The van der Waals surface area contributed by atoms with E-state index < -0.39 is 10.1 Å². The van der Waals surface area contributed by atoms with Gasteiger partial charge in [-0.15, -0.1) is 12.4 Å². The SMILES string of the molecule is C[C@H](N[C@@H](C)c1ccccc1)C(=O)c1ccc(OS(C)(=O)=O)cc1.Cl. The van der Waals surface area contributed by atoms with Crippen LogP contribution in [0.3, 0.4) is 0 Å². The number of carbonyl (C=O) groups excluding carboxylic acids is 1. The van der Waals surface area contributed by atoms with Gasteiger partial charge in [0.2, 0.25) is 0 Å². The Morgan fingerprint density at radius 3 is 2.08 bits per heavy atom. The first kappa shape index (κ1) is 21.2. The van der Waals surface area contributed by atoms with Gasteiger partial charge in [-0.25, -0.2) is 0 Å². The van der Waals surface area contributed by atoms with Crippen LogP contribution in [0, 0.1) is 0 Å². The third-order valence-corrected chi connectivity index (χ3v) is 4.07. The van der Waals surface area contributed by atoms with Crippen molar-refractivity contribution in [3.8, 4) is 5.75 Å². The second-order valence-electron chi connectivity index (χ2n) is 5.70. The molecule has 0 aliphatic heterocycles. The van der Waals surface area contributed by atoms with Crippen molar-refractivity contribution in [3.63, 3.8) is 0 Å². The van der Waals surface area contributed by atoms with Gasteiger partial charge in [0, 0.05) is 11.6 Å². The summed E-state index contributed by atoms with van der Waals surface area (Å²) in [5, 5.41) is 3.27. The molecule has 0 saturated heterocycles. The van der Waals surface area contributed by atoms with E-state index >= 15 is 0 Å². The molecule has 136 valence electrons. The lowest BCUT2D eigenvalue weighted by Gasteiger charge is -2.19. The minimum Gasteiger partial charge on any atom is -0.383 e. The van der Waals surface area contributed by atoms with E-state index in [1.165, 1.54) is 12.1 Å². The molecule has 0 aliphatic rings. The number of carbonyl (C=O) groups is 1. The van der Waals surface area contributed by atoms with Crippen LogP contribution in [-0.2, 0) is 10.1 Å². The Balaban J connectivity index is 0.00000312. The molecule has 0 amide bonds. The van der Waals surface area contributed by atoms with Gasteiger partial charge in [0.25, 0.3) is 0 Å². The predicted molar refractivity (Wildman–Crippen MR) is 101 cm³/mol. The maximum Gasteiger partial charge on any atom is 0.306 e. The summed E-state index contributed by atoms with van der Waals surface area (Å²) in [4.78, 5) is 12.5. The minimum absolute atomic E-state index is 0. The second-order valence-corrected chi connectivity index (χ2v) is 7.27. The second kappa shape index (κ2) is 8.99. The number of nitrogens with one attached hydrogen (secondary N) is 1. The molecular weight excluding hydrogens is 362 g/mol. The van der Waals surface area contributed by atoms with Gasteiger partial charge < -0.3 is 9.50 Å². The Bertz CT molecular complexity index is 792. The van der Waals surface area contributed by atoms with Gasteiger partial charge in [0.1, 0.15) is 5.75 Å². The highest BCUT2D eigenvalue weighted by Crippen LogP contribution is 2.17. The van der Waals surface area contributed by atoms with Crippen LogP contribution in [0.2, 0.25) is 0 Å². The summed E-state index contributed by atoms with van der Waals surface area (Å²) < 4.78 is 26.9. The Morgan fingerprint density at radius 2 is 1.56 bits per heavy atom. The van der Waals surface area contributed by atoms with Gasteiger partial charge >= 0.3 is 10.1 Å². The number of benzene rings is 2. The van der Waals surface area contributed by atoms with Crippen molar-refractivity contribution in [3.05, 3.63) is 65.7 Å². The zero-order valence-corrected chi connectivity index (χ0v) is 15.9. The molecule has 25 heavy (non-hydrogen) atoms. The molecule has 0 saturated carbocycles. The molecule has 0 spiro atoms. The van der Waals surface area contributed by atoms with Crippen LogP contribution in [0.5, 0.6) is 5.75 Å². The normalized spacial score (nSPS) is 13.4. The van der Waals surface area contributed by atoms with E-state index in [1.807, 2.05) is 44.2 Å². The van der Waals surface area contributed by atoms with Crippen LogP contribution in [0.1, 0.15) is 35.8 Å². The number of rotatable bonds is 7. The van der Waals surface area contributed by atoms with E-state index in [2.05, 4.69) is 5.32 Å². The lowest BCUT2D eigenvalue weighted by molar-refractivity contribution is 0.0945. The molecule has 0 fully saturated rings. The third kappa shape index (κ3) is 6.49. The number of Topliss-reactive ketones (excluding diaryl/α,β-unsaturated/α-hetero) is 1. The van der Waals surface area contributed by atoms with Crippen LogP contribution >= 0.6 is 12.4 Å². The quantitative estimate of drug-likeness (QED) is 0.586. The van der Waals surface area contributed by atoms with Gasteiger partial charge in [-0.1, -0.05) is 30.3 Å². The van der Waals surface area contributed by atoms with Crippen molar-refractivity contribution in [2.75, 3.05) is 6.26 Å². The summed E-state index contributed by atoms with van der Waals surface area (Å²) in [6.07, 6.45) is 0.975. The molecule has 2 atom stereocenters. The first-order valence-corrected chi connectivity index (χ1v) is 9.42. The highest BCUT2D eigenvalue weighted by atomic mass is 35.5. The van der Waals surface area contributed by atoms with Gasteiger partial charge in [0.05, 0.1) is 12.3 Å². The molecule has 0 bridgehead atoms. The lowest BCUT2D eigenvalue weighted by Crippen LogP contribution is -2.35. The monoisotopic (exact) mass is 383 g/mol. The number of hydrogen-bond acceptors (Lipinski definition) is 5. The number of ketones is 1. The van der Waals surface area contributed by atoms with Gasteiger partial charge in [-0.3, -0.25) is 4.79 Å². The standard InChI is InChI=1S/C18H21NO4S.ClH/c1-13(15-7-5-4-6-8-15)19-14(2)18(20)16-9-11-17(12-10-16)23-24(3,21)22;/h4-14,19H,1-3H3;1H/t13-,14-;/m0./s1. The van der Waals surface area contributed by atoms with Gasteiger partial charge in [0.15, 0.2) is 5.78 Å². The molecule has 7 heteroatoms. The van der Waals surface area contributed by atoms with E-state index in [9.17, 15) is 13.2 Å². The topological polar surface area (TPSA) is 72.5 Å². The number of hydrogen-bond donors (Lipinski definition) is 1. The average molecular weight is 384 g/mol.